The summed E-state index contributed by atoms with van der Waals surface area (Å²) in [5, 5.41) is 8.88. The quantitative estimate of drug-likeness (QED) is 0.869. The van der Waals surface area contributed by atoms with Gasteiger partial charge in [0.05, 0.1) is 25.3 Å². The van der Waals surface area contributed by atoms with Crippen molar-refractivity contribution in [3.63, 3.8) is 0 Å². The molecule has 24 heavy (non-hydrogen) atoms. The van der Waals surface area contributed by atoms with Gasteiger partial charge in [-0.15, -0.1) is 0 Å². The number of ether oxygens (including phenoxy) is 1. The maximum atomic E-state index is 10.8. The number of aryl methyl sites for hydroxylation is 1. The Balaban J connectivity index is 1.70. The number of likely N-dealkylation sites (tertiary alicyclic amines) is 1. The van der Waals surface area contributed by atoms with Crippen molar-refractivity contribution < 1.29 is 14.6 Å². The van der Waals surface area contributed by atoms with Gasteiger partial charge < -0.3 is 19.6 Å². The highest BCUT2D eigenvalue weighted by Crippen LogP contribution is 2.28. The second-order valence-corrected chi connectivity index (χ2v) is 6.58. The molecular weight excluding hydrogens is 308 g/mol. The lowest BCUT2D eigenvalue weighted by Crippen LogP contribution is -2.38. The molecular formula is C17H26N4O3. The molecule has 3 rings (SSSR count). The molecule has 1 atom stereocenters. The average Bonchev–Trinajstić information content (AvgIpc) is 2.60. The van der Waals surface area contributed by atoms with Crippen molar-refractivity contribution in [2.24, 2.45) is 0 Å². The molecule has 1 unspecified atom stereocenters. The number of aromatic nitrogens is 2. The van der Waals surface area contributed by atoms with Crippen LogP contribution in [0.25, 0.3) is 0 Å². The third-order valence-electron chi connectivity index (χ3n) is 4.75. The van der Waals surface area contributed by atoms with Crippen LogP contribution in [-0.4, -0.2) is 71.9 Å². The molecule has 0 aliphatic carbocycles. The molecule has 0 radical (unpaired) electrons. The Hall–Kier alpha value is -1.73. The van der Waals surface area contributed by atoms with E-state index < -0.39 is 5.97 Å². The number of carboxylic acid groups (broad SMARTS) is 1. The molecule has 1 aromatic heterocycles. The molecule has 1 N–H and O–H groups in total. The number of nitrogens with zero attached hydrogens (tertiary/aromatic N) is 4. The summed E-state index contributed by atoms with van der Waals surface area (Å²) in [6.45, 7) is 7.63. The zero-order valence-electron chi connectivity index (χ0n) is 14.3. The number of carbonyl (C=O) groups is 1. The van der Waals surface area contributed by atoms with E-state index in [2.05, 4.69) is 25.8 Å². The van der Waals surface area contributed by atoms with Crippen molar-refractivity contribution in [1.29, 1.82) is 0 Å². The number of aliphatic carboxylic acids is 1. The van der Waals surface area contributed by atoms with E-state index in [0.717, 1.165) is 69.6 Å². The number of rotatable bonds is 5. The molecule has 2 fully saturated rings. The van der Waals surface area contributed by atoms with Gasteiger partial charge in [0.1, 0.15) is 11.6 Å². The molecule has 2 aliphatic heterocycles. The predicted molar refractivity (Wildman–Crippen MR) is 90.5 cm³/mol. The van der Waals surface area contributed by atoms with E-state index in [9.17, 15) is 4.79 Å². The summed E-state index contributed by atoms with van der Waals surface area (Å²) in [4.78, 5) is 24.6. The normalized spacial score (nSPS) is 22.5. The number of morpholine rings is 1. The molecule has 0 aromatic carbocycles. The lowest BCUT2D eigenvalue weighted by molar-refractivity contribution is -0.137. The largest absolute Gasteiger partial charge is 0.481 e. The second-order valence-electron chi connectivity index (χ2n) is 6.58. The third kappa shape index (κ3) is 4.42. The first-order valence-corrected chi connectivity index (χ1v) is 8.74. The lowest BCUT2D eigenvalue weighted by atomic mass is 9.94. The van der Waals surface area contributed by atoms with Crippen molar-refractivity contribution in [2.75, 3.05) is 50.8 Å². The standard InChI is InChI=1S/C17H26N4O3/c1-13-18-15(11-16(19-13)21-7-9-24-10-8-21)14-3-2-5-20(12-14)6-4-17(22)23/h11,14H,2-10,12H2,1H3,(H,22,23). The van der Waals surface area contributed by atoms with Gasteiger partial charge in [0.25, 0.3) is 0 Å². The molecule has 1 aromatic rings. The van der Waals surface area contributed by atoms with Gasteiger partial charge in [-0.3, -0.25) is 4.79 Å². The number of piperidine rings is 1. The fraction of sp³-hybridized carbons (Fsp3) is 0.706. The second kappa shape index (κ2) is 7.90. The monoisotopic (exact) mass is 334 g/mol. The Morgan fingerprint density at radius 1 is 1.33 bits per heavy atom. The topological polar surface area (TPSA) is 78.8 Å². The number of anilines is 1. The molecule has 7 nitrogen and oxygen atoms in total. The van der Waals surface area contributed by atoms with Crippen LogP contribution in [0.5, 0.6) is 0 Å². The van der Waals surface area contributed by atoms with Crippen molar-refractivity contribution in [2.45, 2.75) is 32.1 Å². The molecule has 7 heteroatoms. The zero-order valence-corrected chi connectivity index (χ0v) is 14.3. The van der Waals surface area contributed by atoms with Gasteiger partial charge >= 0.3 is 5.97 Å². The van der Waals surface area contributed by atoms with Crippen molar-refractivity contribution in [1.82, 2.24) is 14.9 Å². The first kappa shape index (κ1) is 17.1. The van der Waals surface area contributed by atoms with Crippen LogP contribution in [0.15, 0.2) is 6.07 Å². The molecule has 132 valence electrons. The van der Waals surface area contributed by atoms with E-state index in [-0.39, 0.29) is 6.42 Å². The highest BCUT2D eigenvalue weighted by molar-refractivity contribution is 5.66. The molecule has 0 amide bonds. The van der Waals surface area contributed by atoms with E-state index in [0.29, 0.717) is 12.5 Å². The summed E-state index contributed by atoms with van der Waals surface area (Å²) in [7, 11) is 0. The molecule has 3 heterocycles. The van der Waals surface area contributed by atoms with Crippen LogP contribution in [0, 0.1) is 6.92 Å². The van der Waals surface area contributed by atoms with Crippen molar-refractivity contribution in [3.05, 3.63) is 17.6 Å². The van der Waals surface area contributed by atoms with Crippen LogP contribution in [0.4, 0.5) is 5.82 Å². The highest BCUT2D eigenvalue weighted by Gasteiger charge is 2.24. The zero-order chi connectivity index (χ0) is 16.9. The Morgan fingerprint density at radius 3 is 2.88 bits per heavy atom. The Bertz CT molecular complexity index is 575. The van der Waals surface area contributed by atoms with Gasteiger partial charge in [0, 0.05) is 38.2 Å². The SMILES string of the molecule is Cc1nc(C2CCCN(CCC(=O)O)C2)cc(N2CCOCC2)n1. The van der Waals surface area contributed by atoms with E-state index in [1.54, 1.807) is 0 Å². The van der Waals surface area contributed by atoms with E-state index in [4.69, 9.17) is 9.84 Å². The van der Waals surface area contributed by atoms with Gasteiger partial charge in [0.15, 0.2) is 0 Å². The predicted octanol–water partition coefficient (Wildman–Crippen LogP) is 1.28. The van der Waals surface area contributed by atoms with E-state index in [1.165, 1.54) is 0 Å². The summed E-state index contributed by atoms with van der Waals surface area (Å²) in [5.41, 5.74) is 1.09. The van der Waals surface area contributed by atoms with Gasteiger partial charge in [0.2, 0.25) is 0 Å². The minimum atomic E-state index is -0.732. The van der Waals surface area contributed by atoms with Crippen LogP contribution in [0.1, 0.15) is 36.7 Å². The van der Waals surface area contributed by atoms with Crippen LogP contribution in [-0.2, 0) is 9.53 Å². The van der Waals surface area contributed by atoms with Crippen LogP contribution < -0.4 is 4.90 Å². The first-order valence-electron chi connectivity index (χ1n) is 8.74. The van der Waals surface area contributed by atoms with Gasteiger partial charge in [-0.05, 0) is 26.3 Å². The van der Waals surface area contributed by atoms with Crippen LogP contribution in [0.2, 0.25) is 0 Å². The molecule has 0 spiro atoms. The minimum absolute atomic E-state index is 0.203. The lowest BCUT2D eigenvalue weighted by Gasteiger charge is -2.33. The molecule has 0 saturated carbocycles. The number of hydrogen-bond donors (Lipinski definition) is 1. The van der Waals surface area contributed by atoms with Crippen LogP contribution >= 0.6 is 0 Å². The first-order chi connectivity index (χ1) is 11.6. The van der Waals surface area contributed by atoms with Crippen molar-refractivity contribution in [3.8, 4) is 0 Å². The number of carboxylic acids is 1. The van der Waals surface area contributed by atoms with Crippen LogP contribution in [0.3, 0.4) is 0 Å². The summed E-state index contributed by atoms with van der Waals surface area (Å²) in [6.07, 6.45) is 2.39. The Labute approximate surface area is 142 Å². The van der Waals surface area contributed by atoms with Gasteiger partial charge in [-0.25, -0.2) is 9.97 Å². The number of hydrogen-bond acceptors (Lipinski definition) is 6. The summed E-state index contributed by atoms with van der Waals surface area (Å²) < 4.78 is 5.42. The Kier molecular flexibility index (Phi) is 5.63. The summed E-state index contributed by atoms with van der Waals surface area (Å²) in [5.74, 6) is 1.42. The fourth-order valence-corrected chi connectivity index (χ4v) is 3.49. The summed E-state index contributed by atoms with van der Waals surface area (Å²) in [6, 6.07) is 2.11. The molecule has 2 aliphatic rings. The maximum absolute atomic E-state index is 10.8. The fourth-order valence-electron chi connectivity index (χ4n) is 3.49. The maximum Gasteiger partial charge on any atom is 0.304 e. The van der Waals surface area contributed by atoms with E-state index >= 15 is 0 Å². The molecule has 0 bridgehead atoms. The average molecular weight is 334 g/mol. The van der Waals surface area contributed by atoms with Crippen molar-refractivity contribution >= 4 is 11.8 Å². The van der Waals surface area contributed by atoms with E-state index in [1.807, 2.05) is 6.92 Å². The smallest absolute Gasteiger partial charge is 0.304 e. The minimum Gasteiger partial charge on any atom is -0.481 e. The molecule has 2 saturated heterocycles. The van der Waals surface area contributed by atoms with Gasteiger partial charge in [-0.1, -0.05) is 0 Å². The highest BCUT2D eigenvalue weighted by atomic mass is 16.5. The summed E-state index contributed by atoms with van der Waals surface area (Å²) >= 11 is 0. The van der Waals surface area contributed by atoms with Gasteiger partial charge in [-0.2, -0.15) is 0 Å². The third-order valence-corrected chi connectivity index (χ3v) is 4.75. The Morgan fingerprint density at radius 2 is 2.12 bits per heavy atom.